The molecule has 91 valence electrons. The Bertz CT molecular complexity index is 568. The molecular formula is C15H16NOY-. The summed E-state index contributed by atoms with van der Waals surface area (Å²) in [6.45, 7) is 2.65. The van der Waals surface area contributed by atoms with E-state index < -0.39 is 0 Å². The van der Waals surface area contributed by atoms with Gasteiger partial charge in [-0.2, -0.15) is 23.8 Å². The summed E-state index contributed by atoms with van der Waals surface area (Å²) in [7, 11) is 0. The molecule has 2 aromatic rings. The summed E-state index contributed by atoms with van der Waals surface area (Å²) in [5, 5.41) is 2.38. The summed E-state index contributed by atoms with van der Waals surface area (Å²) in [5.41, 5.74) is 8.14. The number of fused-ring (bicyclic) bond motifs is 3. The van der Waals surface area contributed by atoms with Crippen molar-refractivity contribution in [2.45, 2.75) is 25.9 Å². The predicted molar refractivity (Wildman–Crippen MR) is 69.3 cm³/mol. The molecule has 3 rings (SSSR count). The zero-order valence-electron chi connectivity index (χ0n) is 10.6. The number of hydrogen-bond acceptors (Lipinski definition) is 2. The third-order valence-electron chi connectivity index (χ3n) is 3.41. The SMILES string of the molecule is Cc1[c-]cc2c3c(ccc2c1)CCC(CN)O3.[Y]. The Morgan fingerprint density at radius 3 is 3.06 bits per heavy atom. The molecule has 1 atom stereocenters. The summed E-state index contributed by atoms with van der Waals surface area (Å²) in [6, 6.07) is 11.8. The first-order valence-electron chi connectivity index (χ1n) is 6.08. The van der Waals surface area contributed by atoms with Crippen molar-refractivity contribution in [2.24, 2.45) is 5.73 Å². The van der Waals surface area contributed by atoms with Crippen molar-refractivity contribution in [2.75, 3.05) is 6.54 Å². The smallest absolute Gasteiger partial charge is 0.110 e. The fourth-order valence-corrected chi connectivity index (χ4v) is 2.44. The van der Waals surface area contributed by atoms with Crippen molar-refractivity contribution in [1.82, 2.24) is 0 Å². The minimum absolute atomic E-state index is 0. The van der Waals surface area contributed by atoms with Gasteiger partial charge in [0.05, 0.1) is 5.75 Å². The number of nitrogens with two attached hydrogens (primary N) is 1. The maximum absolute atomic E-state index is 5.99. The second-order valence-corrected chi connectivity index (χ2v) is 4.69. The van der Waals surface area contributed by atoms with Crippen LogP contribution in [0.1, 0.15) is 17.5 Å². The van der Waals surface area contributed by atoms with Crippen LogP contribution in [0, 0.1) is 13.0 Å². The minimum atomic E-state index is 0. The molecule has 1 aliphatic heterocycles. The molecule has 0 bridgehead atoms. The first-order chi connectivity index (χ1) is 8.28. The van der Waals surface area contributed by atoms with Gasteiger partial charge in [0.25, 0.3) is 0 Å². The topological polar surface area (TPSA) is 35.2 Å². The van der Waals surface area contributed by atoms with E-state index in [9.17, 15) is 0 Å². The fourth-order valence-electron chi connectivity index (χ4n) is 2.44. The molecule has 1 aliphatic rings. The van der Waals surface area contributed by atoms with Crippen LogP contribution in [-0.2, 0) is 39.1 Å². The number of aryl methyl sites for hydroxylation is 2. The monoisotopic (exact) mass is 315 g/mol. The molecule has 0 fully saturated rings. The number of ether oxygens (including phenoxy) is 1. The van der Waals surface area contributed by atoms with Gasteiger partial charge < -0.3 is 10.5 Å². The van der Waals surface area contributed by atoms with E-state index in [-0.39, 0.29) is 38.8 Å². The number of rotatable bonds is 1. The Hall–Kier alpha value is -0.436. The van der Waals surface area contributed by atoms with Gasteiger partial charge in [0.1, 0.15) is 6.10 Å². The molecule has 1 unspecified atom stereocenters. The van der Waals surface area contributed by atoms with Crippen LogP contribution in [-0.4, -0.2) is 12.6 Å². The Morgan fingerprint density at radius 2 is 2.28 bits per heavy atom. The Morgan fingerprint density at radius 1 is 1.44 bits per heavy atom. The third-order valence-corrected chi connectivity index (χ3v) is 3.41. The van der Waals surface area contributed by atoms with E-state index in [0.29, 0.717) is 6.54 Å². The molecule has 1 heterocycles. The molecule has 2 aromatic carbocycles. The van der Waals surface area contributed by atoms with E-state index in [1.165, 1.54) is 10.9 Å². The van der Waals surface area contributed by atoms with Gasteiger partial charge >= 0.3 is 0 Å². The summed E-state index contributed by atoms with van der Waals surface area (Å²) >= 11 is 0. The van der Waals surface area contributed by atoms with Crippen LogP contribution in [0.25, 0.3) is 10.8 Å². The first kappa shape index (κ1) is 14.0. The molecule has 0 saturated heterocycles. The van der Waals surface area contributed by atoms with Crippen molar-refractivity contribution < 1.29 is 37.4 Å². The molecule has 18 heavy (non-hydrogen) atoms. The van der Waals surface area contributed by atoms with E-state index in [0.717, 1.165) is 29.5 Å². The van der Waals surface area contributed by atoms with Crippen molar-refractivity contribution in [3.8, 4) is 5.75 Å². The van der Waals surface area contributed by atoms with Crippen LogP contribution in [0.3, 0.4) is 0 Å². The van der Waals surface area contributed by atoms with Crippen molar-refractivity contribution in [1.29, 1.82) is 0 Å². The fraction of sp³-hybridized carbons (Fsp3) is 0.333. The van der Waals surface area contributed by atoms with Gasteiger partial charge in [0.2, 0.25) is 0 Å². The van der Waals surface area contributed by atoms with Gasteiger partial charge in [-0.05, 0) is 18.4 Å². The van der Waals surface area contributed by atoms with E-state index in [2.05, 4.69) is 31.2 Å². The summed E-state index contributed by atoms with van der Waals surface area (Å²) < 4.78 is 5.99. The van der Waals surface area contributed by atoms with E-state index in [1.54, 1.807) is 0 Å². The Balaban J connectivity index is 0.00000120. The molecule has 0 amide bonds. The molecule has 3 heteroatoms. The second-order valence-electron chi connectivity index (χ2n) is 4.69. The summed E-state index contributed by atoms with van der Waals surface area (Å²) in [6.07, 6.45) is 2.24. The largest absolute Gasteiger partial charge is 0.501 e. The molecular weight excluding hydrogens is 299 g/mol. The van der Waals surface area contributed by atoms with E-state index >= 15 is 0 Å². The molecule has 0 aromatic heterocycles. The van der Waals surface area contributed by atoms with Crippen LogP contribution in [0.2, 0.25) is 0 Å². The zero-order chi connectivity index (χ0) is 11.8. The van der Waals surface area contributed by atoms with Crippen LogP contribution in [0.5, 0.6) is 5.75 Å². The third kappa shape index (κ3) is 2.47. The van der Waals surface area contributed by atoms with Crippen LogP contribution in [0.4, 0.5) is 0 Å². The van der Waals surface area contributed by atoms with E-state index in [4.69, 9.17) is 10.5 Å². The van der Waals surface area contributed by atoms with Crippen molar-refractivity contribution in [3.05, 3.63) is 41.5 Å². The molecule has 1 radical (unpaired) electrons. The molecule has 2 nitrogen and oxygen atoms in total. The number of benzene rings is 2. The maximum atomic E-state index is 5.99. The van der Waals surface area contributed by atoms with Crippen LogP contribution >= 0.6 is 0 Å². The van der Waals surface area contributed by atoms with Crippen LogP contribution < -0.4 is 10.5 Å². The summed E-state index contributed by atoms with van der Waals surface area (Å²) in [4.78, 5) is 0. The van der Waals surface area contributed by atoms with Crippen LogP contribution in [0.15, 0.2) is 24.3 Å². The molecule has 0 spiro atoms. The molecule has 0 aliphatic carbocycles. The Kier molecular flexibility index (Phi) is 4.42. The van der Waals surface area contributed by atoms with Gasteiger partial charge in [-0.3, -0.25) is 0 Å². The van der Waals surface area contributed by atoms with Gasteiger partial charge in [-0.25, -0.2) is 0 Å². The van der Waals surface area contributed by atoms with Gasteiger partial charge in [0.15, 0.2) is 0 Å². The van der Waals surface area contributed by atoms with Gasteiger partial charge in [0, 0.05) is 39.3 Å². The maximum Gasteiger partial charge on any atom is 0.110 e. The minimum Gasteiger partial charge on any atom is -0.501 e. The quantitative estimate of drug-likeness (QED) is 0.821. The molecule has 0 saturated carbocycles. The normalized spacial score (nSPS) is 17.8. The average Bonchev–Trinajstić information content (AvgIpc) is 2.37. The average molecular weight is 315 g/mol. The van der Waals surface area contributed by atoms with E-state index in [1.807, 2.05) is 6.07 Å². The van der Waals surface area contributed by atoms with Gasteiger partial charge in [-0.1, -0.05) is 24.4 Å². The van der Waals surface area contributed by atoms with Crippen molar-refractivity contribution in [3.63, 3.8) is 0 Å². The zero-order valence-corrected chi connectivity index (χ0v) is 13.4. The predicted octanol–water partition coefficient (Wildman–Crippen LogP) is 2.60. The van der Waals surface area contributed by atoms with Crippen molar-refractivity contribution >= 4 is 10.8 Å². The second kappa shape index (κ2) is 5.69. The van der Waals surface area contributed by atoms with Gasteiger partial charge in [-0.15, -0.1) is 5.39 Å². The Labute approximate surface area is 133 Å². The summed E-state index contributed by atoms with van der Waals surface area (Å²) in [5.74, 6) is 1.01. The standard InChI is InChI=1S/C15H16NO.Y/c1-10-2-7-14-12(8-10)4-3-11-5-6-13(9-16)17-15(11)14;/h3-4,7-8,13H,5-6,9,16H2,1H3;/q-1;. The number of hydrogen-bond donors (Lipinski definition) is 1. The first-order valence-corrected chi connectivity index (χ1v) is 6.08. The molecule has 2 N–H and O–H groups in total.